The van der Waals surface area contributed by atoms with E-state index in [0.717, 1.165) is 42.4 Å². The van der Waals surface area contributed by atoms with Crippen molar-refractivity contribution in [2.75, 3.05) is 33.8 Å². The van der Waals surface area contributed by atoms with Crippen LogP contribution in [0, 0.1) is 5.92 Å². The maximum Gasteiger partial charge on any atom is 0.273 e. The molecule has 8 heteroatoms. The lowest BCUT2D eigenvalue weighted by Crippen LogP contribution is -2.42. The minimum atomic E-state index is 0. The molecule has 1 saturated heterocycles. The molecular weight excluding hydrogens is 393 g/mol. The summed E-state index contributed by atoms with van der Waals surface area (Å²) < 4.78 is 5.17. The highest BCUT2D eigenvalue weighted by atomic mass is 35.5. The first kappa shape index (κ1) is 22.7. The van der Waals surface area contributed by atoms with Gasteiger partial charge in [-0.1, -0.05) is 0 Å². The SMILES string of the molecule is CNCC1CCCN(C(=O)c2csc(-c3ccc(OC)cc3)n2)C1.Cl.Cl. The number of rotatable bonds is 5. The Hall–Kier alpha value is -1.34. The van der Waals surface area contributed by atoms with E-state index in [1.54, 1.807) is 7.11 Å². The second kappa shape index (κ2) is 10.7. The van der Waals surface area contributed by atoms with Crippen molar-refractivity contribution in [2.45, 2.75) is 12.8 Å². The third-order valence-electron chi connectivity index (χ3n) is 4.36. The molecule has 0 aliphatic carbocycles. The molecule has 26 heavy (non-hydrogen) atoms. The third-order valence-corrected chi connectivity index (χ3v) is 5.25. The minimum absolute atomic E-state index is 0. The Labute approximate surface area is 171 Å². The number of piperidine rings is 1. The summed E-state index contributed by atoms with van der Waals surface area (Å²) in [6.07, 6.45) is 2.24. The summed E-state index contributed by atoms with van der Waals surface area (Å²) in [5, 5.41) is 5.94. The zero-order chi connectivity index (χ0) is 16.9. The standard InChI is InChI=1S/C18H23N3O2S.2ClH/c1-19-10-13-4-3-9-21(11-13)18(22)16-12-24-17(20-16)14-5-7-15(23-2)8-6-14;;/h5-8,12-13,19H,3-4,9-11H2,1-2H3;2*1H. The van der Waals surface area contributed by atoms with Crippen molar-refractivity contribution in [3.05, 3.63) is 35.3 Å². The number of carbonyl (C=O) groups is 1. The van der Waals surface area contributed by atoms with Gasteiger partial charge in [0.25, 0.3) is 5.91 Å². The molecule has 0 spiro atoms. The predicted molar refractivity (Wildman–Crippen MR) is 111 cm³/mol. The van der Waals surface area contributed by atoms with Gasteiger partial charge in [-0.15, -0.1) is 36.2 Å². The molecule has 0 bridgehead atoms. The van der Waals surface area contributed by atoms with Gasteiger partial charge in [-0.3, -0.25) is 4.79 Å². The van der Waals surface area contributed by atoms with Crippen molar-refractivity contribution in [1.82, 2.24) is 15.2 Å². The van der Waals surface area contributed by atoms with Gasteiger partial charge < -0.3 is 15.0 Å². The minimum Gasteiger partial charge on any atom is -0.497 e. The number of nitrogens with zero attached hydrogens (tertiary/aromatic N) is 2. The topological polar surface area (TPSA) is 54.5 Å². The van der Waals surface area contributed by atoms with E-state index in [1.165, 1.54) is 17.8 Å². The maximum atomic E-state index is 12.7. The van der Waals surface area contributed by atoms with Crippen molar-refractivity contribution < 1.29 is 9.53 Å². The predicted octanol–water partition coefficient (Wildman–Crippen LogP) is 3.73. The number of benzene rings is 1. The first-order valence-corrected chi connectivity index (χ1v) is 9.13. The lowest BCUT2D eigenvalue weighted by atomic mass is 9.98. The van der Waals surface area contributed by atoms with Crippen LogP contribution in [0.1, 0.15) is 23.3 Å². The molecule has 1 unspecified atom stereocenters. The maximum absolute atomic E-state index is 12.7. The fraction of sp³-hybridized carbons (Fsp3) is 0.444. The van der Waals surface area contributed by atoms with E-state index < -0.39 is 0 Å². The molecule has 1 aromatic heterocycles. The van der Waals surface area contributed by atoms with Gasteiger partial charge >= 0.3 is 0 Å². The normalized spacial score (nSPS) is 16.4. The first-order valence-electron chi connectivity index (χ1n) is 8.25. The van der Waals surface area contributed by atoms with Crippen molar-refractivity contribution >= 4 is 42.1 Å². The molecule has 2 heterocycles. The van der Waals surface area contributed by atoms with Crippen LogP contribution in [0.2, 0.25) is 0 Å². The quantitative estimate of drug-likeness (QED) is 0.804. The van der Waals surface area contributed by atoms with Crippen LogP contribution in [0.5, 0.6) is 5.75 Å². The van der Waals surface area contributed by atoms with Crippen molar-refractivity contribution in [1.29, 1.82) is 0 Å². The van der Waals surface area contributed by atoms with Gasteiger partial charge in [-0.25, -0.2) is 4.98 Å². The summed E-state index contributed by atoms with van der Waals surface area (Å²) >= 11 is 1.51. The Balaban J connectivity index is 0.00000169. The van der Waals surface area contributed by atoms with E-state index in [2.05, 4.69) is 10.3 Å². The number of amides is 1. The average molecular weight is 418 g/mol. The monoisotopic (exact) mass is 417 g/mol. The number of methoxy groups -OCH3 is 1. The Morgan fingerprint density at radius 1 is 1.35 bits per heavy atom. The number of hydrogen-bond acceptors (Lipinski definition) is 5. The van der Waals surface area contributed by atoms with E-state index >= 15 is 0 Å². The summed E-state index contributed by atoms with van der Waals surface area (Å²) in [6, 6.07) is 7.75. The van der Waals surface area contributed by atoms with E-state index in [9.17, 15) is 4.79 Å². The Morgan fingerprint density at radius 3 is 2.73 bits per heavy atom. The lowest BCUT2D eigenvalue weighted by molar-refractivity contribution is 0.0669. The van der Waals surface area contributed by atoms with Crippen molar-refractivity contribution in [2.24, 2.45) is 5.92 Å². The highest BCUT2D eigenvalue weighted by molar-refractivity contribution is 7.13. The molecule has 1 aromatic carbocycles. The second-order valence-electron chi connectivity index (χ2n) is 6.08. The molecule has 1 N–H and O–H groups in total. The zero-order valence-electron chi connectivity index (χ0n) is 14.9. The van der Waals surface area contributed by atoms with E-state index in [1.807, 2.05) is 41.6 Å². The number of aromatic nitrogens is 1. The third kappa shape index (κ3) is 5.33. The van der Waals surface area contributed by atoms with Gasteiger partial charge in [-0.2, -0.15) is 0 Å². The van der Waals surface area contributed by atoms with Crippen molar-refractivity contribution in [3.8, 4) is 16.3 Å². The van der Waals surface area contributed by atoms with E-state index in [4.69, 9.17) is 4.74 Å². The molecule has 0 saturated carbocycles. The Kier molecular flexibility index (Phi) is 9.36. The molecule has 1 aliphatic heterocycles. The molecule has 3 rings (SSSR count). The van der Waals surface area contributed by atoms with Crippen LogP contribution in [0.25, 0.3) is 10.6 Å². The highest BCUT2D eigenvalue weighted by Gasteiger charge is 2.25. The fourth-order valence-electron chi connectivity index (χ4n) is 3.10. The van der Waals surface area contributed by atoms with Crippen LogP contribution in [-0.2, 0) is 0 Å². The number of hydrogen-bond donors (Lipinski definition) is 1. The van der Waals surface area contributed by atoms with E-state index in [0.29, 0.717) is 11.6 Å². The van der Waals surface area contributed by atoms with Gasteiger partial charge in [0.1, 0.15) is 16.5 Å². The molecule has 1 aliphatic rings. The average Bonchev–Trinajstić information content (AvgIpc) is 3.12. The zero-order valence-corrected chi connectivity index (χ0v) is 17.4. The Morgan fingerprint density at radius 2 is 2.08 bits per heavy atom. The number of ether oxygens (including phenoxy) is 1. The largest absolute Gasteiger partial charge is 0.497 e. The summed E-state index contributed by atoms with van der Waals surface area (Å²) in [6.45, 7) is 2.60. The van der Waals surface area contributed by atoms with Crippen LogP contribution in [-0.4, -0.2) is 49.6 Å². The van der Waals surface area contributed by atoms with Gasteiger partial charge in [0.15, 0.2) is 0 Å². The molecule has 1 fully saturated rings. The molecule has 1 amide bonds. The number of nitrogens with one attached hydrogen (secondary N) is 1. The van der Waals surface area contributed by atoms with Crippen LogP contribution in [0.15, 0.2) is 29.6 Å². The van der Waals surface area contributed by atoms with Gasteiger partial charge in [0.05, 0.1) is 7.11 Å². The summed E-state index contributed by atoms with van der Waals surface area (Å²) in [7, 11) is 3.61. The number of thiazole rings is 1. The van der Waals surface area contributed by atoms with Gasteiger partial charge in [-0.05, 0) is 56.6 Å². The van der Waals surface area contributed by atoms with Crippen LogP contribution < -0.4 is 10.1 Å². The van der Waals surface area contributed by atoms with E-state index in [-0.39, 0.29) is 30.7 Å². The van der Waals surface area contributed by atoms with Gasteiger partial charge in [0.2, 0.25) is 0 Å². The number of carbonyl (C=O) groups excluding carboxylic acids is 1. The molecule has 144 valence electrons. The van der Waals surface area contributed by atoms with Crippen LogP contribution >= 0.6 is 36.2 Å². The van der Waals surface area contributed by atoms with Crippen LogP contribution in [0.3, 0.4) is 0 Å². The highest BCUT2D eigenvalue weighted by Crippen LogP contribution is 2.27. The smallest absolute Gasteiger partial charge is 0.273 e. The molecular formula is C18H25Cl2N3O2S. The van der Waals surface area contributed by atoms with Crippen LogP contribution in [0.4, 0.5) is 0 Å². The molecule has 1 atom stereocenters. The Bertz CT molecular complexity index is 692. The number of likely N-dealkylation sites (tertiary alicyclic amines) is 1. The first-order chi connectivity index (χ1) is 11.7. The summed E-state index contributed by atoms with van der Waals surface area (Å²) in [5.74, 6) is 1.40. The molecule has 5 nitrogen and oxygen atoms in total. The fourth-order valence-corrected chi connectivity index (χ4v) is 3.90. The van der Waals surface area contributed by atoms with Crippen molar-refractivity contribution in [3.63, 3.8) is 0 Å². The summed E-state index contributed by atoms with van der Waals surface area (Å²) in [4.78, 5) is 19.2. The molecule has 2 aromatic rings. The van der Waals surface area contributed by atoms with Gasteiger partial charge in [0, 0.05) is 24.0 Å². The lowest BCUT2D eigenvalue weighted by Gasteiger charge is -2.32. The summed E-state index contributed by atoms with van der Waals surface area (Å²) in [5.41, 5.74) is 1.56. The number of halogens is 2. The second-order valence-corrected chi connectivity index (χ2v) is 6.94. The molecule has 0 radical (unpaired) electrons.